The van der Waals surface area contributed by atoms with Crippen molar-refractivity contribution >= 4 is 5.97 Å². The summed E-state index contributed by atoms with van der Waals surface area (Å²) in [5, 5.41) is 19.1. The van der Waals surface area contributed by atoms with Gasteiger partial charge in [0.1, 0.15) is 0 Å². The maximum absolute atomic E-state index is 11.2. The summed E-state index contributed by atoms with van der Waals surface area (Å²) in [7, 11) is 0. The van der Waals surface area contributed by atoms with E-state index in [0.717, 1.165) is 12.8 Å². The van der Waals surface area contributed by atoms with E-state index >= 15 is 0 Å². The van der Waals surface area contributed by atoms with Crippen molar-refractivity contribution in [2.24, 2.45) is 17.8 Å². The Labute approximate surface area is 113 Å². The highest BCUT2D eigenvalue weighted by atomic mass is 16.7. The number of rotatable bonds is 3. The van der Waals surface area contributed by atoms with Gasteiger partial charge in [-0.05, 0) is 30.6 Å². The van der Waals surface area contributed by atoms with Gasteiger partial charge < -0.3 is 19.7 Å². The Bertz CT molecular complexity index is 330. The van der Waals surface area contributed by atoms with Crippen LogP contribution in [-0.2, 0) is 14.3 Å². The van der Waals surface area contributed by atoms with Gasteiger partial charge in [0.05, 0.1) is 6.10 Å². The molecule has 0 spiro atoms. The Morgan fingerprint density at radius 2 is 2.00 bits per heavy atom. The number of hydrogen-bond acceptors (Lipinski definition) is 5. The monoisotopic (exact) mass is 272 g/mol. The van der Waals surface area contributed by atoms with E-state index in [1.807, 2.05) is 0 Å². The first kappa shape index (κ1) is 14.8. The number of ether oxygens (including phenoxy) is 2. The first-order valence-corrected chi connectivity index (χ1v) is 7.12. The third kappa shape index (κ3) is 3.09. The van der Waals surface area contributed by atoms with Crippen LogP contribution in [0.5, 0.6) is 0 Å². The Kier molecular flexibility index (Phi) is 4.48. The SMILES string of the molecule is CC(C)[C@H]1CC[C@H](C)C[C@@H]1O[C@H]1OC(=O)[C@H](O)[C@@H]1O. The molecule has 0 amide bonds. The Balaban J connectivity index is 2.01. The fourth-order valence-corrected chi connectivity index (χ4v) is 3.09. The van der Waals surface area contributed by atoms with E-state index in [1.165, 1.54) is 6.42 Å². The topological polar surface area (TPSA) is 76.0 Å². The van der Waals surface area contributed by atoms with Crippen molar-refractivity contribution in [2.45, 2.75) is 64.6 Å². The molecule has 1 heterocycles. The molecule has 2 rings (SSSR count). The Hall–Kier alpha value is -0.650. The van der Waals surface area contributed by atoms with Crippen molar-refractivity contribution < 1.29 is 24.5 Å². The first-order valence-electron chi connectivity index (χ1n) is 7.12. The van der Waals surface area contributed by atoms with Crippen LogP contribution in [0.25, 0.3) is 0 Å². The van der Waals surface area contributed by atoms with Crippen LogP contribution in [0, 0.1) is 17.8 Å². The molecule has 1 saturated carbocycles. The van der Waals surface area contributed by atoms with Gasteiger partial charge in [-0.15, -0.1) is 0 Å². The molecule has 0 aromatic heterocycles. The fourth-order valence-electron chi connectivity index (χ4n) is 3.09. The minimum absolute atomic E-state index is 0.0264. The third-order valence-corrected chi connectivity index (χ3v) is 4.35. The summed E-state index contributed by atoms with van der Waals surface area (Å²) in [5.74, 6) is 0.651. The largest absolute Gasteiger partial charge is 0.431 e. The lowest BCUT2D eigenvalue weighted by molar-refractivity contribution is -0.205. The average Bonchev–Trinajstić information content (AvgIpc) is 2.57. The quantitative estimate of drug-likeness (QED) is 0.752. The van der Waals surface area contributed by atoms with Gasteiger partial charge in [0.25, 0.3) is 0 Å². The predicted octanol–water partition coefficient (Wildman–Crippen LogP) is 1.07. The van der Waals surface area contributed by atoms with Crippen LogP contribution < -0.4 is 0 Å². The molecule has 1 aliphatic heterocycles. The lowest BCUT2D eigenvalue weighted by atomic mass is 9.75. The molecule has 0 aromatic carbocycles. The summed E-state index contributed by atoms with van der Waals surface area (Å²) in [6.07, 6.45) is -0.650. The van der Waals surface area contributed by atoms with Crippen LogP contribution in [0.4, 0.5) is 0 Å². The van der Waals surface area contributed by atoms with Crippen LogP contribution in [0.15, 0.2) is 0 Å². The average molecular weight is 272 g/mol. The lowest BCUT2D eigenvalue weighted by Crippen LogP contribution is -2.41. The molecule has 19 heavy (non-hydrogen) atoms. The van der Waals surface area contributed by atoms with Gasteiger partial charge in [-0.2, -0.15) is 0 Å². The van der Waals surface area contributed by atoms with E-state index in [2.05, 4.69) is 20.8 Å². The van der Waals surface area contributed by atoms with Crippen molar-refractivity contribution in [1.82, 2.24) is 0 Å². The van der Waals surface area contributed by atoms with Crippen molar-refractivity contribution in [2.75, 3.05) is 0 Å². The number of aliphatic hydroxyl groups is 2. The highest BCUT2D eigenvalue weighted by Crippen LogP contribution is 2.36. The zero-order valence-electron chi connectivity index (χ0n) is 11.8. The summed E-state index contributed by atoms with van der Waals surface area (Å²) < 4.78 is 10.7. The van der Waals surface area contributed by atoms with Crippen molar-refractivity contribution in [3.8, 4) is 0 Å². The number of carbonyl (C=O) groups excluding carboxylic acids is 1. The van der Waals surface area contributed by atoms with E-state index in [0.29, 0.717) is 17.8 Å². The molecule has 0 aromatic rings. The number of cyclic esters (lactones) is 1. The number of hydrogen-bond donors (Lipinski definition) is 2. The molecular formula is C14H24O5. The zero-order valence-corrected chi connectivity index (χ0v) is 11.8. The number of aliphatic hydroxyl groups excluding tert-OH is 2. The van der Waals surface area contributed by atoms with Crippen LogP contribution in [0.2, 0.25) is 0 Å². The second kappa shape index (κ2) is 5.77. The van der Waals surface area contributed by atoms with Crippen LogP contribution in [-0.4, -0.2) is 40.8 Å². The summed E-state index contributed by atoms with van der Waals surface area (Å²) in [4.78, 5) is 11.2. The molecule has 2 fully saturated rings. The highest BCUT2D eigenvalue weighted by molar-refractivity contribution is 5.77. The molecule has 0 radical (unpaired) electrons. The third-order valence-electron chi connectivity index (χ3n) is 4.35. The van der Waals surface area contributed by atoms with Gasteiger partial charge in [0, 0.05) is 0 Å². The molecule has 0 unspecified atom stereocenters. The van der Waals surface area contributed by atoms with E-state index < -0.39 is 24.5 Å². The summed E-state index contributed by atoms with van der Waals surface area (Å²) in [6, 6.07) is 0. The standard InChI is InChI=1S/C14H24O5/c1-7(2)9-5-4-8(3)6-10(9)18-14-12(16)11(15)13(17)19-14/h7-12,14-16H,4-6H2,1-3H3/t8-,9+,10-,11+,12-,14-/m0/s1. The van der Waals surface area contributed by atoms with Gasteiger partial charge in [-0.3, -0.25) is 0 Å². The maximum Gasteiger partial charge on any atom is 0.340 e. The van der Waals surface area contributed by atoms with Crippen LogP contribution in [0.1, 0.15) is 40.0 Å². The van der Waals surface area contributed by atoms with Gasteiger partial charge in [0.15, 0.2) is 12.2 Å². The molecule has 2 aliphatic rings. The molecular weight excluding hydrogens is 248 g/mol. The molecule has 110 valence electrons. The predicted molar refractivity (Wildman–Crippen MR) is 68.1 cm³/mol. The second-order valence-corrected chi connectivity index (χ2v) is 6.24. The van der Waals surface area contributed by atoms with Gasteiger partial charge in [-0.25, -0.2) is 4.79 Å². The van der Waals surface area contributed by atoms with E-state index in [-0.39, 0.29) is 6.10 Å². The van der Waals surface area contributed by atoms with Gasteiger partial charge in [0.2, 0.25) is 6.29 Å². The summed E-state index contributed by atoms with van der Waals surface area (Å²) in [6.45, 7) is 6.49. The lowest BCUT2D eigenvalue weighted by Gasteiger charge is -2.38. The molecule has 6 atom stereocenters. The highest BCUT2D eigenvalue weighted by Gasteiger charge is 2.46. The summed E-state index contributed by atoms with van der Waals surface area (Å²) >= 11 is 0. The normalized spacial score (nSPS) is 43.6. The van der Waals surface area contributed by atoms with Gasteiger partial charge >= 0.3 is 5.97 Å². The van der Waals surface area contributed by atoms with Crippen LogP contribution in [0.3, 0.4) is 0 Å². The molecule has 0 bridgehead atoms. The molecule has 1 aliphatic carbocycles. The van der Waals surface area contributed by atoms with Crippen molar-refractivity contribution in [1.29, 1.82) is 0 Å². The number of esters is 1. The maximum atomic E-state index is 11.2. The molecule has 5 heteroatoms. The smallest absolute Gasteiger partial charge is 0.340 e. The zero-order chi connectivity index (χ0) is 14.2. The summed E-state index contributed by atoms with van der Waals surface area (Å²) in [5.41, 5.74) is 0. The minimum Gasteiger partial charge on any atom is -0.431 e. The molecule has 1 saturated heterocycles. The second-order valence-electron chi connectivity index (χ2n) is 6.24. The van der Waals surface area contributed by atoms with E-state index in [9.17, 15) is 15.0 Å². The van der Waals surface area contributed by atoms with Crippen LogP contribution >= 0.6 is 0 Å². The number of carbonyl (C=O) groups is 1. The van der Waals surface area contributed by atoms with E-state index in [4.69, 9.17) is 9.47 Å². The van der Waals surface area contributed by atoms with E-state index in [1.54, 1.807) is 0 Å². The first-order chi connectivity index (χ1) is 8.90. The molecule has 5 nitrogen and oxygen atoms in total. The van der Waals surface area contributed by atoms with Crippen molar-refractivity contribution in [3.05, 3.63) is 0 Å². The van der Waals surface area contributed by atoms with Gasteiger partial charge in [-0.1, -0.05) is 27.2 Å². The molecule has 2 N–H and O–H groups in total. The fraction of sp³-hybridized carbons (Fsp3) is 0.929. The minimum atomic E-state index is -1.48. The Morgan fingerprint density at radius 1 is 1.32 bits per heavy atom. The van der Waals surface area contributed by atoms with Crippen molar-refractivity contribution in [3.63, 3.8) is 0 Å². The Morgan fingerprint density at radius 3 is 2.53 bits per heavy atom.